The maximum atomic E-state index is 9.80. The van der Waals surface area contributed by atoms with Gasteiger partial charge in [-0.1, -0.05) is 30.3 Å². The number of β-amino-alcohol motifs (C(OH)–C–C–N with tert-alkyl or cyclic N) is 1. The smallest absolute Gasteiger partial charge is 0.0914 e. The molecule has 3 rings (SSSR count). The van der Waals surface area contributed by atoms with Gasteiger partial charge in [0.05, 0.1) is 18.3 Å². The first-order valence-electron chi connectivity index (χ1n) is 5.83. The minimum Gasteiger partial charge on any atom is -0.390 e. The van der Waals surface area contributed by atoms with Crippen LogP contribution in [0.3, 0.4) is 0 Å². The molecule has 0 saturated carbocycles. The van der Waals surface area contributed by atoms with E-state index < -0.39 is 0 Å². The topological polar surface area (TPSA) is 50.1 Å². The van der Waals surface area contributed by atoms with Crippen molar-refractivity contribution in [2.45, 2.75) is 12.1 Å². The SMILES string of the molecule is OC1CNCC1n1cc(-c2ccccc2)cn1. The molecule has 2 unspecified atom stereocenters. The Hall–Kier alpha value is -1.65. The minimum absolute atomic E-state index is 0.0486. The Morgan fingerprint density at radius 2 is 2.00 bits per heavy atom. The fourth-order valence-electron chi connectivity index (χ4n) is 2.22. The summed E-state index contributed by atoms with van der Waals surface area (Å²) < 4.78 is 1.85. The van der Waals surface area contributed by atoms with E-state index in [0.29, 0.717) is 6.54 Å². The molecule has 1 aliphatic heterocycles. The highest BCUT2D eigenvalue weighted by Gasteiger charge is 2.27. The Labute approximate surface area is 99.9 Å². The van der Waals surface area contributed by atoms with Gasteiger partial charge in [0.2, 0.25) is 0 Å². The molecule has 2 heterocycles. The van der Waals surface area contributed by atoms with Crippen LogP contribution >= 0.6 is 0 Å². The van der Waals surface area contributed by atoms with Gasteiger partial charge < -0.3 is 10.4 Å². The lowest BCUT2D eigenvalue weighted by Gasteiger charge is -2.13. The summed E-state index contributed by atoms with van der Waals surface area (Å²) in [5.41, 5.74) is 2.24. The van der Waals surface area contributed by atoms with E-state index in [2.05, 4.69) is 22.5 Å². The number of aromatic nitrogens is 2. The number of nitrogens with one attached hydrogen (secondary N) is 1. The van der Waals surface area contributed by atoms with Crippen LogP contribution in [0, 0.1) is 0 Å². The van der Waals surface area contributed by atoms with Gasteiger partial charge in [0.15, 0.2) is 0 Å². The van der Waals surface area contributed by atoms with E-state index in [0.717, 1.165) is 17.7 Å². The molecule has 1 aromatic carbocycles. The minimum atomic E-state index is -0.349. The number of hydrogen-bond donors (Lipinski definition) is 2. The van der Waals surface area contributed by atoms with Crippen LogP contribution in [-0.4, -0.2) is 34.1 Å². The van der Waals surface area contributed by atoms with Crippen LogP contribution in [0.4, 0.5) is 0 Å². The summed E-state index contributed by atoms with van der Waals surface area (Å²) >= 11 is 0. The Balaban J connectivity index is 1.88. The second kappa shape index (κ2) is 4.31. The number of benzene rings is 1. The first-order valence-corrected chi connectivity index (χ1v) is 5.83. The quantitative estimate of drug-likeness (QED) is 0.809. The van der Waals surface area contributed by atoms with Crippen molar-refractivity contribution in [1.82, 2.24) is 15.1 Å². The van der Waals surface area contributed by atoms with Crippen LogP contribution in [0.15, 0.2) is 42.7 Å². The van der Waals surface area contributed by atoms with E-state index in [1.807, 2.05) is 35.3 Å². The third kappa shape index (κ3) is 1.97. The van der Waals surface area contributed by atoms with E-state index >= 15 is 0 Å². The summed E-state index contributed by atoms with van der Waals surface area (Å²) in [5, 5.41) is 17.3. The summed E-state index contributed by atoms with van der Waals surface area (Å²) in [6.07, 6.45) is 3.50. The maximum absolute atomic E-state index is 9.80. The Morgan fingerprint density at radius 1 is 1.18 bits per heavy atom. The number of hydrogen-bond acceptors (Lipinski definition) is 3. The highest BCUT2D eigenvalue weighted by molar-refractivity contribution is 5.61. The van der Waals surface area contributed by atoms with Gasteiger partial charge >= 0.3 is 0 Å². The van der Waals surface area contributed by atoms with Crippen molar-refractivity contribution in [1.29, 1.82) is 0 Å². The molecule has 0 aliphatic carbocycles. The summed E-state index contributed by atoms with van der Waals surface area (Å²) in [6.45, 7) is 1.42. The number of aliphatic hydroxyl groups excluding tert-OH is 1. The van der Waals surface area contributed by atoms with E-state index in [1.165, 1.54) is 0 Å². The van der Waals surface area contributed by atoms with Gasteiger partial charge in [-0.05, 0) is 5.56 Å². The molecule has 0 radical (unpaired) electrons. The number of aliphatic hydroxyl groups is 1. The van der Waals surface area contributed by atoms with Crippen LogP contribution < -0.4 is 5.32 Å². The second-order valence-electron chi connectivity index (χ2n) is 4.37. The van der Waals surface area contributed by atoms with Crippen LogP contribution in [-0.2, 0) is 0 Å². The zero-order valence-electron chi connectivity index (χ0n) is 9.45. The van der Waals surface area contributed by atoms with Crippen LogP contribution in [0.2, 0.25) is 0 Å². The first-order chi connectivity index (χ1) is 8.34. The average Bonchev–Trinajstić information content (AvgIpc) is 2.98. The predicted molar refractivity (Wildman–Crippen MR) is 65.6 cm³/mol. The lowest BCUT2D eigenvalue weighted by molar-refractivity contribution is 0.145. The zero-order chi connectivity index (χ0) is 11.7. The molecule has 0 bridgehead atoms. The molecule has 2 N–H and O–H groups in total. The summed E-state index contributed by atoms with van der Waals surface area (Å²) in [6, 6.07) is 10.2. The molecular weight excluding hydrogens is 214 g/mol. The van der Waals surface area contributed by atoms with Crippen molar-refractivity contribution >= 4 is 0 Å². The molecule has 0 spiro atoms. The van der Waals surface area contributed by atoms with Crippen LogP contribution in [0.1, 0.15) is 6.04 Å². The van der Waals surface area contributed by atoms with Crippen molar-refractivity contribution in [3.63, 3.8) is 0 Å². The first kappa shape index (κ1) is 10.5. The van der Waals surface area contributed by atoms with Crippen LogP contribution in [0.5, 0.6) is 0 Å². The van der Waals surface area contributed by atoms with Crippen LogP contribution in [0.25, 0.3) is 11.1 Å². The third-order valence-corrected chi connectivity index (χ3v) is 3.20. The summed E-state index contributed by atoms with van der Waals surface area (Å²) in [5.74, 6) is 0. The van der Waals surface area contributed by atoms with Gasteiger partial charge in [-0.25, -0.2) is 0 Å². The lowest BCUT2D eigenvalue weighted by Crippen LogP contribution is -2.22. The standard InChI is InChI=1S/C13H15N3O/c17-13-8-14-7-12(13)16-9-11(6-15-16)10-4-2-1-3-5-10/h1-6,9,12-14,17H,7-8H2. The molecule has 17 heavy (non-hydrogen) atoms. The highest BCUT2D eigenvalue weighted by Crippen LogP contribution is 2.21. The summed E-state index contributed by atoms with van der Waals surface area (Å²) in [7, 11) is 0. The van der Waals surface area contributed by atoms with Crippen molar-refractivity contribution in [2.24, 2.45) is 0 Å². The fraction of sp³-hybridized carbons (Fsp3) is 0.308. The summed E-state index contributed by atoms with van der Waals surface area (Å²) in [4.78, 5) is 0. The van der Waals surface area contributed by atoms with E-state index in [4.69, 9.17) is 0 Å². The van der Waals surface area contributed by atoms with E-state index in [1.54, 1.807) is 0 Å². The molecule has 0 amide bonds. The third-order valence-electron chi connectivity index (χ3n) is 3.20. The van der Waals surface area contributed by atoms with Crippen molar-refractivity contribution in [3.05, 3.63) is 42.7 Å². The van der Waals surface area contributed by atoms with Gasteiger partial charge in [0, 0.05) is 24.8 Å². The molecule has 1 saturated heterocycles. The average molecular weight is 229 g/mol. The Morgan fingerprint density at radius 3 is 2.71 bits per heavy atom. The van der Waals surface area contributed by atoms with Crippen molar-refractivity contribution in [3.8, 4) is 11.1 Å². The number of rotatable bonds is 2. The Bertz CT molecular complexity index is 494. The molecule has 2 atom stereocenters. The monoisotopic (exact) mass is 229 g/mol. The van der Waals surface area contributed by atoms with Gasteiger partial charge in [-0.15, -0.1) is 0 Å². The second-order valence-corrected chi connectivity index (χ2v) is 4.37. The van der Waals surface area contributed by atoms with Crippen molar-refractivity contribution in [2.75, 3.05) is 13.1 Å². The van der Waals surface area contributed by atoms with Gasteiger partial charge in [-0.3, -0.25) is 4.68 Å². The maximum Gasteiger partial charge on any atom is 0.0914 e. The van der Waals surface area contributed by atoms with E-state index in [9.17, 15) is 5.11 Å². The van der Waals surface area contributed by atoms with Gasteiger partial charge in [-0.2, -0.15) is 5.10 Å². The molecule has 2 aromatic rings. The normalized spacial score (nSPS) is 24.1. The molecule has 88 valence electrons. The molecular formula is C13H15N3O. The highest BCUT2D eigenvalue weighted by atomic mass is 16.3. The molecule has 1 aliphatic rings. The fourth-order valence-corrected chi connectivity index (χ4v) is 2.22. The molecule has 1 aromatic heterocycles. The Kier molecular flexibility index (Phi) is 2.66. The lowest BCUT2D eigenvalue weighted by atomic mass is 10.1. The molecule has 1 fully saturated rings. The van der Waals surface area contributed by atoms with E-state index in [-0.39, 0.29) is 12.1 Å². The van der Waals surface area contributed by atoms with Gasteiger partial charge in [0.25, 0.3) is 0 Å². The predicted octanol–water partition coefficient (Wildman–Crippen LogP) is 1.06. The van der Waals surface area contributed by atoms with Crippen molar-refractivity contribution < 1.29 is 5.11 Å². The van der Waals surface area contributed by atoms with Gasteiger partial charge in [0.1, 0.15) is 0 Å². The largest absolute Gasteiger partial charge is 0.390 e. The molecule has 4 heteroatoms. The molecule has 4 nitrogen and oxygen atoms in total. The number of nitrogens with zero attached hydrogens (tertiary/aromatic N) is 2. The zero-order valence-corrected chi connectivity index (χ0v) is 9.45.